The van der Waals surface area contributed by atoms with E-state index in [0.29, 0.717) is 12.1 Å². The lowest BCUT2D eigenvalue weighted by Crippen LogP contribution is -2.48. The second-order valence-corrected chi connectivity index (χ2v) is 8.18. The van der Waals surface area contributed by atoms with E-state index in [2.05, 4.69) is 14.8 Å². The van der Waals surface area contributed by atoms with E-state index in [9.17, 15) is 13.2 Å². The number of rotatable bonds is 4. The predicted molar refractivity (Wildman–Crippen MR) is 93.3 cm³/mol. The van der Waals surface area contributed by atoms with Crippen molar-refractivity contribution in [3.05, 3.63) is 28.8 Å². The Bertz CT molecular complexity index is 714. The van der Waals surface area contributed by atoms with E-state index in [0.717, 1.165) is 25.7 Å². The minimum absolute atomic E-state index is 0. The molecule has 6 nitrogen and oxygen atoms in total. The van der Waals surface area contributed by atoms with Crippen molar-refractivity contribution < 1.29 is 17.9 Å². The Morgan fingerprint density at radius 3 is 2.50 bits per heavy atom. The predicted octanol–water partition coefficient (Wildman–Crippen LogP) is 2.11. The molecular weight excluding hydrogens is 375 g/mol. The highest BCUT2D eigenvalue weighted by atomic mass is 35.5. The third-order valence-electron chi connectivity index (χ3n) is 4.43. The Hall–Kier alpha value is -0.860. The number of halogens is 2. The third kappa shape index (κ3) is 4.03. The second-order valence-electron chi connectivity index (χ2n) is 6.06. The molecule has 24 heavy (non-hydrogen) atoms. The van der Waals surface area contributed by atoms with E-state index in [4.69, 9.17) is 11.6 Å². The largest absolute Gasteiger partial charge is 0.465 e. The van der Waals surface area contributed by atoms with Crippen LogP contribution in [0.1, 0.15) is 36.0 Å². The lowest BCUT2D eigenvalue weighted by atomic mass is 10.0. The zero-order valence-electron chi connectivity index (χ0n) is 13.1. The molecule has 2 N–H and O–H groups in total. The quantitative estimate of drug-likeness (QED) is 0.763. The lowest BCUT2D eigenvalue weighted by Gasteiger charge is -2.29. The summed E-state index contributed by atoms with van der Waals surface area (Å²) in [4.78, 5) is 11.8. The highest BCUT2D eigenvalue weighted by Crippen LogP contribution is 2.28. The number of methoxy groups -OCH3 is 1. The molecule has 0 aromatic heterocycles. The molecule has 9 heteroatoms. The molecule has 2 fully saturated rings. The number of carbonyl (C=O) groups excluding carboxylic acids is 1. The monoisotopic (exact) mass is 394 g/mol. The van der Waals surface area contributed by atoms with Gasteiger partial charge in [0.2, 0.25) is 10.0 Å². The van der Waals surface area contributed by atoms with Gasteiger partial charge in [-0.15, -0.1) is 12.4 Å². The normalized spacial score (nSPS) is 25.8. The van der Waals surface area contributed by atoms with Crippen molar-refractivity contribution in [1.82, 2.24) is 10.0 Å². The van der Waals surface area contributed by atoms with Gasteiger partial charge in [-0.3, -0.25) is 0 Å². The van der Waals surface area contributed by atoms with Crippen molar-refractivity contribution in [2.75, 3.05) is 7.11 Å². The van der Waals surface area contributed by atoms with E-state index in [-0.39, 0.29) is 33.9 Å². The van der Waals surface area contributed by atoms with Gasteiger partial charge in [-0.05, 0) is 43.9 Å². The van der Waals surface area contributed by atoms with E-state index >= 15 is 0 Å². The van der Waals surface area contributed by atoms with Crippen LogP contribution in [0.4, 0.5) is 0 Å². The summed E-state index contributed by atoms with van der Waals surface area (Å²) < 4.78 is 32.8. The van der Waals surface area contributed by atoms with Crippen molar-refractivity contribution in [3.8, 4) is 0 Å². The smallest absolute Gasteiger partial charge is 0.339 e. The van der Waals surface area contributed by atoms with Crippen LogP contribution in [0.5, 0.6) is 0 Å². The lowest BCUT2D eigenvalue weighted by molar-refractivity contribution is 0.0596. The summed E-state index contributed by atoms with van der Waals surface area (Å²) in [6.07, 6.45) is 3.68. The van der Waals surface area contributed by atoms with Gasteiger partial charge in [0.15, 0.2) is 0 Å². The van der Waals surface area contributed by atoms with Crippen molar-refractivity contribution in [2.24, 2.45) is 0 Å². The Labute approximate surface area is 152 Å². The topological polar surface area (TPSA) is 84.5 Å². The number of nitrogens with one attached hydrogen (secondary N) is 2. The molecule has 0 saturated carbocycles. The van der Waals surface area contributed by atoms with Crippen LogP contribution in [-0.2, 0) is 14.8 Å². The van der Waals surface area contributed by atoms with Gasteiger partial charge in [-0.2, -0.15) is 0 Å². The molecule has 0 aliphatic carbocycles. The first-order valence-corrected chi connectivity index (χ1v) is 9.41. The van der Waals surface area contributed by atoms with Crippen molar-refractivity contribution in [3.63, 3.8) is 0 Å². The summed E-state index contributed by atoms with van der Waals surface area (Å²) in [5, 5.41) is 3.75. The standard InChI is InChI=1S/C15H19ClN2O4S.ClH/c1-22-15(19)13-6-9(16)2-5-14(13)23(20,21)18-12-7-10-3-4-11(8-12)17-10;/h2,5-6,10-12,17-18H,3-4,7-8H2,1H3;1H. The van der Waals surface area contributed by atoms with Gasteiger partial charge in [-0.25, -0.2) is 17.9 Å². The van der Waals surface area contributed by atoms with Gasteiger partial charge >= 0.3 is 5.97 Å². The number of esters is 1. The first-order chi connectivity index (χ1) is 10.9. The number of fused-ring (bicyclic) bond motifs is 2. The summed E-state index contributed by atoms with van der Waals surface area (Å²) in [5.41, 5.74) is -0.0515. The highest BCUT2D eigenvalue weighted by molar-refractivity contribution is 7.89. The number of hydrogen-bond acceptors (Lipinski definition) is 5. The molecule has 2 heterocycles. The number of benzene rings is 1. The summed E-state index contributed by atoms with van der Waals surface area (Å²) in [7, 11) is -2.61. The van der Waals surface area contributed by atoms with Gasteiger partial charge < -0.3 is 10.1 Å². The fraction of sp³-hybridized carbons (Fsp3) is 0.533. The maximum atomic E-state index is 12.7. The molecule has 134 valence electrons. The first-order valence-electron chi connectivity index (χ1n) is 7.55. The van der Waals surface area contributed by atoms with Crippen LogP contribution in [0.3, 0.4) is 0 Å². The van der Waals surface area contributed by atoms with E-state index in [1.807, 2.05) is 0 Å². The Balaban J connectivity index is 0.00000208. The molecule has 2 atom stereocenters. The van der Waals surface area contributed by atoms with Gasteiger partial charge in [0.05, 0.1) is 17.6 Å². The first kappa shape index (κ1) is 19.5. The molecule has 1 aromatic carbocycles. The van der Waals surface area contributed by atoms with Crippen LogP contribution in [0.25, 0.3) is 0 Å². The van der Waals surface area contributed by atoms with Crippen LogP contribution in [0.15, 0.2) is 23.1 Å². The number of ether oxygens (including phenoxy) is 1. The van der Waals surface area contributed by atoms with Crippen LogP contribution in [0.2, 0.25) is 5.02 Å². The molecule has 1 aromatic rings. The zero-order chi connectivity index (χ0) is 16.6. The highest BCUT2D eigenvalue weighted by Gasteiger charge is 2.36. The third-order valence-corrected chi connectivity index (χ3v) is 6.25. The summed E-state index contributed by atoms with van der Waals surface area (Å²) in [5.74, 6) is -0.724. The Kier molecular flexibility index (Phi) is 6.14. The molecule has 2 unspecified atom stereocenters. The number of carbonyl (C=O) groups is 1. The summed E-state index contributed by atoms with van der Waals surface area (Å²) in [6, 6.07) is 4.72. The van der Waals surface area contributed by atoms with Crippen molar-refractivity contribution in [1.29, 1.82) is 0 Å². The molecular formula is C15H20Cl2N2O4S. The molecule has 2 bridgehead atoms. The van der Waals surface area contributed by atoms with E-state index < -0.39 is 16.0 Å². The van der Waals surface area contributed by atoms with E-state index in [1.165, 1.54) is 25.3 Å². The van der Waals surface area contributed by atoms with Crippen LogP contribution in [-0.4, -0.2) is 39.6 Å². The minimum atomic E-state index is -3.82. The van der Waals surface area contributed by atoms with Crippen LogP contribution >= 0.6 is 24.0 Å². The van der Waals surface area contributed by atoms with Crippen molar-refractivity contribution in [2.45, 2.75) is 48.7 Å². The number of sulfonamides is 1. The van der Waals surface area contributed by atoms with Crippen molar-refractivity contribution >= 4 is 40.0 Å². The molecule has 0 amide bonds. The average molecular weight is 395 g/mol. The van der Waals surface area contributed by atoms with Gasteiger partial charge in [-0.1, -0.05) is 11.6 Å². The molecule has 3 rings (SSSR count). The number of hydrogen-bond donors (Lipinski definition) is 2. The average Bonchev–Trinajstić information content (AvgIpc) is 2.84. The summed E-state index contributed by atoms with van der Waals surface area (Å²) >= 11 is 5.88. The molecule has 2 aliphatic heterocycles. The maximum absolute atomic E-state index is 12.7. The molecule has 2 aliphatic rings. The van der Waals surface area contributed by atoms with Crippen LogP contribution < -0.4 is 10.0 Å². The second kappa shape index (κ2) is 7.58. The van der Waals surface area contributed by atoms with Gasteiger partial charge in [0.25, 0.3) is 0 Å². The maximum Gasteiger partial charge on any atom is 0.339 e. The zero-order valence-corrected chi connectivity index (χ0v) is 15.5. The van der Waals surface area contributed by atoms with Gasteiger partial charge in [0, 0.05) is 23.1 Å². The Morgan fingerprint density at radius 2 is 1.92 bits per heavy atom. The molecule has 2 saturated heterocycles. The fourth-order valence-corrected chi connectivity index (χ4v) is 5.05. The Morgan fingerprint density at radius 1 is 1.29 bits per heavy atom. The van der Waals surface area contributed by atoms with E-state index in [1.54, 1.807) is 0 Å². The van der Waals surface area contributed by atoms with Crippen LogP contribution in [0, 0.1) is 0 Å². The van der Waals surface area contributed by atoms with Gasteiger partial charge in [0.1, 0.15) is 0 Å². The number of piperidine rings is 1. The molecule has 0 spiro atoms. The molecule has 0 radical (unpaired) electrons. The minimum Gasteiger partial charge on any atom is -0.465 e. The SMILES string of the molecule is COC(=O)c1cc(Cl)ccc1S(=O)(=O)NC1CC2CCC(C1)N2.Cl. The fourth-order valence-electron chi connectivity index (χ4n) is 3.44. The summed E-state index contributed by atoms with van der Waals surface area (Å²) in [6.45, 7) is 0.